The van der Waals surface area contributed by atoms with E-state index in [-0.39, 0.29) is 18.2 Å². The maximum absolute atomic E-state index is 12.0. The molecule has 0 fully saturated rings. The lowest BCUT2D eigenvalue weighted by Crippen LogP contribution is -2.33. The second kappa shape index (κ2) is 8.82. The van der Waals surface area contributed by atoms with E-state index < -0.39 is 0 Å². The van der Waals surface area contributed by atoms with E-state index in [0.717, 1.165) is 11.1 Å². The van der Waals surface area contributed by atoms with Gasteiger partial charge in [-0.05, 0) is 30.2 Å². The minimum absolute atomic E-state index is 0.0301. The average Bonchev–Trinajstić information content (AvgIpc) is 2.59. The molecule has 2 aromatic rings. The summed E-state index contributed by atoms with van der Waals surface area (Å²) >= 11 is 0. The van der Waals surface area contributed by atoms with Gasteiger partial charge in [-0.3, -0.25) is 14.6 Å². The summed E-state index contributed by atoms with van der Waals surface area (Å²) in [6.07, 6.45) is 3.68. The van der Waals surface area contributed by atoms with Crippen LogP contribution in [0.25, 0.3) is 0 Å². The molecular weight excluding hydrogens is 302 g/mol. The molecule has 1 aromatic heterocycles. The fourth-order valence-electron chi connectivity index (χ4n) is 2.29. The van der Waals surface area contributed by atoms with Gasteiger partial charge in [-0.2, -0.15) is 0 Å². The number of hydrogen-bond donors (Lipinski definition) is 1. The number of pyridine rings is 1. The molecule has 5 nitrogen and oxygen atoms in total. The van der Waals surface area contributed by atoms with Gasteiger partial charge in [0.1, 0.15) is 0 Å². The highest BCUT2D eigenvalue weighted by atomic mass is 16.2. The summed E-state index contributed by atoms with van der Waals surface area (Å²) < 4.78 is 0. The molecule has 0 bridgehead atoms. The van der Waals surface area contributed by atoms with Gasteiger partial charge in [0.25, 0.3) is 0 Å². The van der Waals surface area contributed by atoms with Gasteiger partial charge in [-0.1, -0.05) is 29.8 Å². The van der Waals surface area contributed by atoms with Gasteiger partial charge in [0, 0.05) is 45.4 Å². The molecule has 0 aliphatic heterocycles. The van der Waals surface area contributed by atoms with Crippen LogP contribution in [0, 0.1) is 6.92 Å². The molecule has 0 unspecified atom stereocenters. The molecule has 0 radical (unpaired) electrons. The minimum atomic E-state index is -0.0676. The molecule has 0 aliphatic carbocycles. The summed E-state index contributed by atoms with van der Waals surface area (Å²) in [5, 5.41) is 2.86. The highest BCUT2D eigenvalue weighted by molar-refractivity contribution is 5.78. The van der Waals surface area contributed by atoms with Crippen molar-refractivity contribution in [2.75, 3.05) is 6.54 Å². The SMILES string of the molecule is CC(=O)N(CCC(=O)NCc1ccncc1)Cc1ccc(C)cc1. The zero-order valence-corrected chi connectivity index (χ0v) is 14.2. The van der Waals surface area contributed by atoms with Crippen molar-refractivity contribution in [3.8, 4) is 0 Å². The fourth-order valence-corrected chi connectivity index (χ4v) is 2.29. The Hall–Kier alpha value is -2.69. The highest BCUT2D eigenvalue weighted by Gasteiger charge is 2.11. The topological polar surface area (TPSA) is 62.3 Å². The first-order valence-corrected chi connectivity index (χ1v) is 8.01. The Balaban J connectivity index is 1.81. The second-order valence-corrected chi connectivity index (χ2v) is 5.81. The molecule has 0 saturated carbocycles. The molecule has 5 heteroatoms. The molecule has 2 amide bonds. The minimum Gasteiger partial charge on any atom is -0.352 e. The molecule has 0 saturated heterocycles. The number of benzene rings is 1. The quantitative estimate of drug-likeness (QED) is 0.850. The summed E-state index contributed by atoms with van der Waals surface area (Å²) in [6, 6.07) is 11.8. The molecule has 1 heterocycles. The van der Waals surface area contributed by atoms with Crippen molar-refractivity contribution in [1.82, 2.24) is 15.2 Å². The van der Waals surface area contributed by atoms with E-state index >= 15 is 0 Å². The highest BCUT2D eigenvalue weighted by Crippen LogP contribution is 2.08. The Morgan fingerprint density at radius 3 is 2.33 bits per heavy atom. The van der Waals surface area contributed by atoms with Gasteiger partial charge in [-0.25, -0.2) is 0 Å². The van der Waals surface area contributed by atoms with E-state index in [9.17, 15) is 9.59 Å². The number of aryl methyl sites for hydroxylation is 1. The van der Waals surface area contributed by atoms with Gasteiger partial charge in [-0.15, -0.1) is 0 Å². The third-order valence-corrected chi connectivity index (χ3v) is 3.79. The number of nitrogens with one attached hydrogen (secondary N) is 1. The third kappa shape index (κ3) is 5.83. The normalized spacial score (nSPS) is 10.2. The van der Waals surface area contributed by atoms with Crippen molar-refractivity contribution in [3.63, 3.8) is 0 Å². The Morgan fingerprint density at radius 1 is 1.04 bits per heavy atom. The summed E-state index contributed by atoms with van der Waals surface area (Å²) in [6.45, 7) is 4.96. The van der Waals surface area contributed by atoms with E-state index in [1.807, 2.05) is 43.3 Å². The van der Waals surface area contributed by atoms with Gasteiger partial charge < -0.3 is 10.2 Å². The number of nitrogens with zero attached hydrogens (tertiary/aromatic N) is 2. The van der Waals surface area contributed by atoms with Crippen LogP contribution in [0.5, 0.6) is 0 Å². The van der Waals surface area contributed by atoms with Gasteiger partial charge >= 0.3 is 0 Å². The monoisotopic (exact) mass is 325 g/mol. The summed E-state index contributed by atoms with van der Waals surface area (Å²) in [7, 11) is 0. The molecule has 2 rings (SSSR count). The predicted molar refractivity (Wildman–Crippen MR) is 93.0 cm³/mol. The zero-order valence-electron chi connectivity index (χ0n) is 14.2. The van der Waals surface area contributed by atoms with Gasteiger partial charge in [0.05, 0.1) is 0 Å². The van der Waals surface area contributed by atoms with Crippen molar-refractivity contribution in [3.05, 3.63) is 65.5 Å². The van der Waals surface area contributed by atoms with Crippen LogP contribution >= 0.6 is 0 Å². The molecule has 126 valence electrons. The smallest absolute Gasteiger partial charge is 0.222 e. The molecule has 0 spiro atoms. The molecule has 0 atom stereocenters. The summed E-state index contributed by atoms with van der Waals surface area (Å²) in [5.74, 6) is -0.0977. The van der Waals surface area contributed by atoms with Crippen LogP contribution in [-0.4, -0.2) is 28.2 Å². The van der Waals surface area contributed by atoms with E-state index in [0.29, 0.717) is 19.6 Å². The predicted octanol–water partition coefficient (Wildman–Crippen LogP) is 2.45. The van der Waals surface area contributed by atoms with E-state index in [1.165, 1.54) is 12.5 Å². The standard InChI is InChI=1S/C19H23N3O2/c1-15-3-5-18(6-4-15)14-22(16(2)23)12-9-19(24)21-13-17-7-10-20-11-8-17/h3-8,10-11H,9,12-14H2,1-2H3,(H,21,24). The second-order valence-electron chi connectivity index (χ2n) is 5.81. The van der Waals surface area contributed by atoms with Crippen molar-refractivity contribution in [2.24, 2.45) is 0 Å². The fraction of sp³-hybridized carbons (Fsp3) is 0.316. The van der Waals surface area contributed by atoms with Crippen LogP contribution in [-0.2, 0) is 22.7 Å². The number of amides is 2. The van der Waals surface area contributed by atoms with Crippen molar-refractivity contribution in [2.45, 2.75) is 33.4 Å². The van der Waals surface area contributed by atoms with Crippen LogP contribution < -0.4 is 5.32 Å². The van der Waals surface area contributed by atoms with E-state index in [4.69, 9.17) is 0 Å². The van der Waals surface area contributed by atoms with Crippen LogP contribution in [0.15, 0.2) is 48.8 Å². The van der Waals surface area contributed by atoms with Gasteiger partial charge in [0.15, 0.2) is 0 Å². The molecular formula is C19H23N3O2. The lowest BCUT2D eigenvalue weighted by Gasteiger charge is -2.21. The Bertz CT molecular complexity index is 669. The lowest BCUT2D eigenvalue weighted by atomic mass is 10.1. The summed E-state index contributed by atoms with van der Waals surface area (Å²) in [5.41, 5.74) is 3.25. The zero-order chi connectivity index (χ0) is 17.4. The average molecular weight is 325 g/mol. The van der Waals surface area contributed by atoms with Gasteiger partial charge in [0.2, 0.25) is 11.8 Å². The van der Waals surface area contributed by atoms with Crippen LogP contribution in [0.3, 0.4) is 0 Å². The van der Waals surface area contributed by atoms with Crippen molar-refractivity contribution >= 4 is 11.8 Å². The first kappa shape index (κ1) is 17.7. The first-order chi connectivity index (χ1) is 11.5. The van der Waals surface area contributed by atoms with E-state index in [1.54, 1.807) is 17.3 Å². The van der Waals surface area contributed by atoms with Crippen LogP contribution in [0.4, 0.5) is 0 Å². The number of carbonyl (C=O) groups is 2. The Kier molecular flexibility index (Phi) is 6.49. The Morgan fingerprint density at radius 2 is 1.71 bits per heavy atom. The molecule has 1 aromatic carbocycles. The first-order valence-electron chi connectivity index (χ1n) is 8.01. The maximum Gasteiger partial charge on any atom is 0.222 e. The molecule has 0 aliphatic rings. The van der Waals surface area contributed by atoms with Crippen molar-refractivity contribution < 1.29 is 9.59 Å². The molecule has 24 heavy (non-hydrogen) atoms. The number of rotatable bonds is 7. The summed E-state index contributed by atoms with van der Waals surface area (Å²) in [4.78, 5) is 29.4. The largest absolute Gasteiger partial charge is 0.352 e. The molecule has 1 N–H and O–H groups in total. The van der Waals surface area contributed by atoms with E-state index in [2.05, 4.69) is 10.3 Å². The van der Waals surface area contributed by atoms with Crippen molar-refractivity contribution in [1.29, 1.82) is 0 Å². The number of carbonyl (C=O) groups excluding carboxylic acids is 2. The Labute approximate surface area is 142 Å². The number of aromatic nitrogens is 1. The lowest BCUT2D eigenvalue weighted by molar-refractivity contribution is -0.130. The van der Waals surface area contributed by atoms with Crippen LogP contribution in [0.1, 0.15) is 30.0 Å². The maximum atomic E-state index is 12.0. The number of hydrogen-bond acceptors (Lipinski definition) is 3. The van der Waals surface area contributed by atoms with Crippen LogP contribution in [0.2, 0.25) is 0 Å². The third-order valence-electron chi connectivity index (χ3n) is 3.79.